The molecule has 0 unspecified atom stereocenters. The van der Waals surface area contributed by atoms with Crippen molar-refractivity contribution in [3.05, 3.63) is 43.2 Å². The van der Waals surface area contributed by atoms with Crippen molar-refractivity contribution in [3.8, 4) is 5.75 Å². The fraction of sp³-hybridized carbons (Fsp3) is 0.273. The first-order chi connectivity index (χ1) is 5.83. The Kier molecular flexibility index (Phi) is 3.65. The largest absolute Gasteiger partial charge is 0.508 e. The maximum Gasteiger partial charge on any atom is 0.115 e. The van der Waals surface area contributed by atoms with E-state index in [1.54, 1.807) is 12.1 Å². The van der Waals surface area contributed by atoms with E-state index in [4.69, 9.17) is 5.11 Å². The summed E-state index contributed by atoms with van der Waals surface area (Å²) < 4.78 is 0. The summed E-state index contributed by atoms with van der Waals surface area (Å²) in [7, 11) is 0. The van der Waals surface area contributed by atoms with Crippen LogP contribution in [0.3, 0.4) is 0 Å². The molecule has 1 rings (SSSR count). The van der Waals surface area contributed by atoms with Gasteiger partial charge in [0, 0.05) is 0 Å². The van der Waals surface area contributed by atoms with Gasteiger partial charge in [-0.3, -0.25) is 0 Å². The molecular formula is C11H14O. The van der Waals surface area contributed by atoms with Gasteiger partial charge in [0.25, 0.3) is 0 Å². The molecule has 0 saturated heterocycles. The Balaban J connectivity index is 2.37. The molecule has 0 aliphatic rings. The molecular weight excluding hydrogens is 148 g/mol. The van der Waals surface area contributed by atoms with Crippen LogP contribution in [0.15, 0.2) is 24.3 Å². The minimum Gasteiger partial charge on any atom is -0.508 e. The van der Waals surface area contributed by atoms with Crippen LogP contribution < -0.4 is 0 Å². The number of benzene rings is 1. The van der Waals surface area contributed by atoms with Gasteiger partial charge in [0.05, 0.1) is 0 Å². The smallest absolute Gasteiger partial charge is 0.115 e. The highest BCUT2D eigenvalue weighted by atomic mass is 16.3. The van der Waals surface area contributed by atoms with E-state index in [1.807, 2.05) is 12.1 Å². The molecule has 0 aliphatic heterocycles. The van der Waals surface area contributed by atoms with Gasteiger partial charge >= 0.3 is 0 Å². The normalized spacial score (nSPS) is 10.1. The molecule has 0 aliphatic carbocycles. The minimum absolute atomic E-state index is 0.323. The van der Waals surface area contributed by atoms with Gasteiger partial charge in [-0.15, -0.1) is 0 Å². The maximum atomic E-state index is 9.00. The Labute approximate surface area is 74.1 Å². The lowest BCUT2D eigenvalue weighted by molar-refractivity contribution is 0.475. The monoisotopic (exact) mass is 162 g/mol. The summed E-state index contributed by atoms with van der Waals surface area (Å²) >= 11 is 0. The second-order valence-corrected chi connectivity index (χ2v) is 2.79. The molecule has 2 radical (unpaired) electrons. The Hall–Kier alpha value is -0.980. The van der Waals surface area contributed by atoms with E-state index < -0.39 is 0 Å². The molecule has 0 amide bonds. The van der Waals surface area contributed by atoms with Crippen molar-refractivity contribution in [2.24, 2.45) is 0 Å². The molecule has 1 N–H and O–H groups in total. The third-order valence-electron chi connectivity index (χ3n) is 1.73. The average molecular weight is 162 g/mol. The third-order valence-corrected chi connectivity index (χ3v) is 1.73. The summed E-state index contributed by atoms with van der Waals surface area (Å²) in [6, 6.07) is 7.24. The lowest BCUT2D eigenvalue weighted by atomic mass is 10.1. The first-order valence-electron chi connectivity index (χ1n) is 4.24. The number of rotatable bonds is 4. The molecule has 0 fully saturated rings. The van der Waals surface area contributed by atoms with Gasteiger partial charge in [0.1, 0.15) is 5.75 Å². The molecule has 1 aromatic rings. The third kappa shape index (κ3) is 2.95. The minimum atomic E-state index is 0.323. The number of phenols is 1. The maximum absolute atomic E-state index is 9.00. The molecule has 0 aromatic heterocycles. The van der Waals surface area contributed by atoms with Crippen molar-refractivity contribution in [2.45, 2.75) is 19.3 Å². The van der Waals surface area contributed by atoms with Crippen molar-refractivity contribution >= 4 is 0 Å². The highest BCUT2D eigenvalue weighted by molar-refractivity contribution is 5.29. The molecule has 1 heteroatoms. The van der Waals surface area contributed by atoms with Crippen LogP contribution in [0.5, 0.6) is 5.75 Å². The second-order valence-electron chi connectivity index (χ2n) is 2.79. The average Bonchev–Trinajstić information content (AvgIpc) is 2.09. The summed E-state index contributed by atoms with van der Waals surface area (Å²) in [5.74, 6) is 0.323. The van der Waals surface area contributed by atoms with E-state index in [1.165, 1.54) is 5.56 Å². The first-order valence-corrected chi connectivity index (χ1v) is 4.24. The van der Waals surface area contributed by atoms with E-state index in [0.717, 1.165) is 19.3 Å². The van der Waals surface area contributed by atoms with Gasteiger partial charge in [-0.05, 0) is 30.5 Å². The van der Waals surface area contributed by atoms with Crippen LogP contribution in [-0.2, 0) is 0 Å². The summed E-state index contributed by atoms with van der Waals surface area (Å²) in [4.78, 5) is 0. The van der Waals surface area contributed by atoms with E-state index in [9.17, 15) is 0 Å². The summed E-state index contributed by atoms with van der Waals surface area (Å²) in [5.41, 5.74) is 1.17. The van der Waals surface area contributed by atoms with Crippen LogP contribution in [0.25, 0.3) is 0 Å². The predicted octanol–water partition coefficient (Wildman–Crippen LogP) is 2.95. The summed E-state index contributed by atoms with van der Waals surface area (Å²) in [6.07, 6.45) is 5.33. The van der Waals surface area contributed by atoms with Crippen molar-refractivity contribution in [1.29, 1.82) is 0 Å². The van der Waals surface area contributed by atoms with E-state index >= 15 is 0 Å². The molecule has 0 atom stereocenters. The van der Waals surface area contributed by atoms with Crippen LogP contribution in [0.1, 0.15) is 24.8 Å². The second kappa shape index (κ2) is 4.81. The number of aromatic hydroxyl groups is 1. The molecule has 0 spiro atoms. The Bertz CT molecular complexity index is 213. The zero-order valence-corrected chi connectivity index (χ0v) is 7.16. The van der Waals surface area contributed by atoms with Gasteiger partial charge in [0.15, 0.2) is 0 Å². The lowest BCUT2D eigenvalue weighted by Gasteiger charge is -1.99. The predicted molar refractivity (Wildman–Crippen MR) is 50.7 cm³/mol. The van der Waals surface area contributed by atoms with Gasteiger partial charge in [-0.2, -0.15) is 0 Å². The molecule has 1 nitrogen and oxygen atoms in total. The Morgan fingerprint density at radius 2 is 1.92 bits per heavy atom. The topological polar surface area (TPSA) is 20.2 Å². The Morgan fingerprint density at radius 1 is 1.25 bits per heavy atom. The zero-order chi connectivity index (χ0) is 8.81. The zero-order valence-electron chi connectivity index (χ0n) is 7.16. The Morgan fingerprint density at radius 3 is 2.50 bits per heavy atom. The highest BCUT2D eigenvalue weighted by Crippen LogP contribution is 2.13. The van der Waals surface area contributed by atoms with Crippen LogP contribution in [-0.4, -0.2) is 5.11 Å². The summed E-state index contributed by atoms with van der Waals surface area (Å²) in [6.45, 7) is 3.77. The van der Waals surface area contributed by atoms with Crippen LogP contribution in [0.4, 0.5) is 0 Å². The molecule has 1 aromatic carbocycles. The number of hydrogen-bond acceptors (Lipinski definition) is 1. The molecule has 0 heterocycles. The fourth-order valence-corrected chi connectivity index (χ4v) is 1.02. The number of unbranched alkanes of at least 4 members (excludes halogenated alkanes) is 2. The molecule has 0 bridgehead atoms. The lowest BCUT2D eigenvalue weighted by Crippen LogP contribution is -1.80. The highest BCUT2D eigenvalue weighted by Gasteiger charge is 1.92. The molecule has 64 valence electrons. The van der Waals surface area contributed by atoms with E-state index in [-0.39, 0.29) is 0 Å². The van der Waals surface area contributed by atoms with Gasteiger partial charge in [-0.25, -0.2) is 0 Å². The summed E-state index contributed by atoms with van der Waals surface area (Å²) in [5, 5.41) is 9.00. The van der Waals surface area contributed by atoms with Gasteiger partial charge in [-0.1, -0.05) is 31.9 Å². The fourth-order valence-electron chi connectivity index (χ4n) is 1.02. The van der Waals surface area contributed by atoms with Crippen molar-refractivity contribution in [2.75, 3.05) is 0 Å². The number of hydrogen-bond donors (Lipinski definition) is 1. The standard InChI is InChI=1S/C11H14O/c1-2-3-4-5-10-6-8-11(12)9-7-10/h5-9,12H,1-4H2. The SMILES string of the molecule is [CH2]CCC[CH]c1ccc(O)cc1. The molecule has 0 saturated carbocycles. The van der Waals surface area contributed by atoms with E-state index in [2.05, 4.69) is 13.3 Å². The van der Waals surface area contributed by atoms with Gasteiger partial charge in [0.2, 0.25) is 0 Å². The van der Waals surface area contributed by atoms with Crippen molar-refractivity contribution in [1.82, 2.24) is 0 Å². The van der Waals surface area contributed by atoms with Gasteiger partial charge < -0.3 is 5.11 Å². The van der Waals surface area contributed by atoms with Crippen LogP contribution >= 0.6 is 0 Å². The van der Waals surface area contributed by atoms with Crippen molar-refractivity contribution < 1.29 is 5.11 Å². The van der Waals surface area contributed by atoms with Crippen LogP contribution in [0.2, 0.25) is 0 Å². The van der Waals surface area contributed by atoms with Crippen molar-refractivity contribution in [3.63, 3.8) is 0 Å². The van der Waals surface area contributed by atoms with Crippen LogP contribution in [0, 0.1) is 13.3 Å². The van der Waals surface area contributed by atoms with E-state index in [0.29, 0.717) is 5.75 Å². The molecule has 12 heavy (non-hydrogen) atoms. The number of phenolic OH excluding ortho intramolecular Hbond substituents is 1. The quantitative estimate of drug-likeness (QED) is 0.675. The first kappa shape index (κ1) is 9.11.